The maximum atomic E-state index is 12.5. The number of pyridine rings is 1. The minimum absolute atomic E-state index is 0.210. The van der Waals surface area contributed by atoms with Gasteiger partial charge >= 0.3 is 6.03 Å². The van der Waals surface area contributed by atoms with Gasteiger partial charge in [-0.2, -0.15) is 0 Å². The number of carbonyl (C=O) groups is 1. The van der Waals surface area contributed by atoms with E-state index in [2.05, 4.69) is 20.5 Å². The summed E-state index contributed by atoms with van der Waals surface area (Å²) in [5, 5.41) is 5.82. The average Bonchev–Trinajstić information content (AvgIpc) is 3.32. The first-order chi connectivity index (χ1) is 15.2. The topological polar surface area (TPSA) is 85.0 Å². The number of methoxy groups -OCH3 is 1. The highest BCUT2D eigenvalue weighted by Crippen LogP contribution is 2.34. The molecule has 0 radical (unpaired) electrons. The van der Waals surface area contributed by atoms with Crippen molar-refractivity contribution in [2.24, 2.45) is 0 Å². The van der Waals surface area contributed by atoms with Crippen LogP contribution in [0.1, 0.15) is 31.2 Å². The Morgan fingerprint density at radius 2 is 2.00 bits per heavy atom. The highest BCUT2D eigenvalue weighted by molar-refractivity contribution is 5.89. The SMILES string of the molecule is COc1ccc(NC(=O)NCc2cccnc2N2CCOCC2)cc1OC1CCCC1. The number of ether oxygens (including phenoxy) is 3. The predicted octanol–water partition coefficient (Wildman–Crippen LogP) is 3.57. The van der Waals surface area contributed by atoms with Crippen LogP contribution in [0.4, 0.5) is 16.3 Å². The molecule has 2 N–H and O–H groups in total. The van der Waals surface area contributed by atoms with Gasteiger partial charge in [-0.25, -0.2) is 9.78 Å². The number of hydrogen-bond donors (Lipinski definition) is 2. The number of morpholine rings is 1. The van der Waals surface area contributed by atoms with Crippen molar-refractivity contribution in [3.05, 3.63) is 42.1 Å². The van der Waals surface area contributed by atoms with E-state index in [9.17, 15) is 4.79 Å². The van der Waals surface area contributed by atoms with Crippen molar-refractivity contribution in [2.45, 2.75) is 38.3 Å². The molecule has 8 nitrogen and oxygen atoms in total. The van der Waals surface area contributed by atoms with Crippen LogP contribution in [0.2, 0.25) is 0 Å². The molecule has 1 aromatic carbocycles. The lowest BCUT2D eigenvalue weighted by atomic mass is 10.2. The number of carbonyl (C=O) groups excluding carboxylic acids is 1. The minimum Gasteiger partial charge on any atom is -0.493 e. The third-order valence-corrected chi connectivity index (χ3v) is 5.63. The van der Waals surface area contributed by atoms with Gasteiger partial charge in [0.1, 0.15) is 5.82 Å². The van der Waals surface area contributed by atoms with Crippen molar-refractivity contribution in [3.63, 3.8) is 0 Å². The molecule has 1 aliphatic carbocycles. The number of aromatic nitrogens is 1. The molecule has 2 heterocycles. The van der Waals surface area contributed by atoms with E-state index in [0.717, 1.165) is 37.3 Å². The van der Waals surface area contributed by atoms with Crippen LogP contribution in [-0.2, 0) is 11.3 Å². The van der Waals surface area contributed by atoms with Gasteiger partial charge in [-0.1, -0.05) is 6.07 Å². The molecule has 2 aromatic rings. The molecule has 2 amide bonds. The van der Waals surface area contributed by atoms with E-state index in [4.69, 9.17) is 14.2 Å². The quantitative estimate of drug-likeness (QED) is 0.704. The van der Waals surface area contributed by atoms with E-state index in [1.807, 2.05) is 30.3 Å². The molecule has 0 bridgehead atoms. The zero-order valence-corrected chi connectivity index (χ0v) is 17.9. The Balaban J connectivity index is 1.37. The lowest BCUT2D eigenvalue weighted by Crippen LogP contribution is -2.38. The second-order valence-electron chi connectivity index (χ2n) is 7.78. The third kappa shape index (κ3) is 5.58. The number of nitrogens with one attached hydrogen (secondary N) is 2. The number of amides is 2. The molecule has 2 fully saturated rings. The molecule has 8 heteroatoms. The van der Waals surface area contributed by atoms with Crippen LogP contribution in [-0.4, -0.2) is 50.5 Å². The molecule has 166 valence electrons. The average molecular weight is 427 g/mol. The molecule has 1 saturated carbocycles. The van der Waals surface area contributed by atoms with Gasteiger partial charge in [0.2, 0.25) is 0 Å². The first-order valence-corrected chi connectivity index (χ1v) is 10.9. The van der Waals surface area contributed by atoms with Gasteiger partial charge in [0, 0.05) is 43.1 Å². The molecule has 0 atom stereocenters. The smallest absolute Gasteiger partial charge is 0.319 e. The molecule has 1 aromatic heterocycles. The van der Waals surface area contributed by atoms with Crippen LogP contribution in [0.3, 0.4) is 0 Å². The van der Waals surface area contributed by atoms with Gasteiger partial charge in [-0.05, 0) is 43.9 Å². The van der Waals surface area contributed by atoms with Crippen LogP contribution in [0.25, 0.3) is 0 Å². The third-order valence-electron chi connectivity index (χ3n) is 5.63. The number of rotatable bonds is 7. The summed E-state index contributed by atoms with van der Waals surface area (Å²) in [6.07, 6.45) is 6.47. The van der Waals surface area contributed by atoms with Gasteiger partial charge in [0.05, 0.1) is 26.4 Å². The molecule has 0 unspecified atom stereocenters. The normalized spacial score (nSPS) is 16.7. The molecular formula is C23H30N4O4. The molecule has 1 saturated heterocycles. The first-order valence-electron chi connectivity index (χ1n) is 10.9. The van der Waals surface area contributed by atoms with E-state index >= 15 is 0 Å². The van der Waals surface area contributed by atoms with Crippen molar-refractivity contribution < 1.29 is 19.0 Å². The number of nitrogens with zero attached hydrogens (tertiary/aromatic N) is 2. The maximum absolute atomic E-state index is 12.5. The summed E-state index contributed by atoms with van der Waals surface area (Å²) >= 11 is 0. The van der Waals surface area contributed by atoms with Gasteiger partial charge in [0.25, 0.3) is 0 Å². The fourth-order valence-corrected chi connectivity index (χ4v) is 4.01. The second-order valence-corrected chi connectivity index (χ2v) is 7.78. The van der Waals surface area contributed by atoms with Gasteiger partial charge in [-0.3, -0.25) is 0 Å². The van der Waals surface area contributed by atoms with Crippen LogP contribution >= 0.6 is 0 Å². The fourth-order valence-electron chi connectivity index (χ4n) is 4.01. The van der Waals surface area contributed by atoms with Crippen molar-refractivity contribution >= 4 is 17.5 Å². The zero-order valence-electron chi connectivity index (χ0n) is 17.9. The summed E-state index contributed by atoms with van der Waals surface area (Å²) in [6.45, 7) is 3.35. The second kappa shape index (κ2) is 10.3. The number of anilines is 2. The molecule has 1 aliphatic heterocycles. The first kappa shape index (κ1) is 21.2. The highest BCUT2D eigenvalue weighted by Gasteiger charge is 2.19. The Morgan fingerprint density at radius 1 is 1.19 bits per heavy atom. The summed E-state index contributed by atoms with van der Waals surface area (Å²) < 4.78 is 17.0. The number of benzene rings is 1. The Hall–Kier alpha value is -3.00. The summed E-state index contributed by atoms with van der Waals surface area (Å²) in [5.74, 6) is 2.22. The number of urea groups is 1. The lowest BCUT2D eigenvalue weighted by molar-refractivity contribution is 0.122. The molecule has 0 spiro atoms. The zero-order chi connectivity index (χ0) is 21.5. The molecule has 4 rings (SSSR count). The van der Waals surface area contributed by atoms with Crippen molar-refractivity contribution in [1.29, 1.82) is 0 Å². The lowest BCUT2D eigenvalue weighted by Gasteiger charge is -2.29. The van der Waals surface area contributed by atoms with Gasteiger partial charge in [-0.15, -0.1) is 0 Å². The van der Waals surface area contributed by atoms with E-state index in [1.54, 1.807) is 13.3 Å². The Kier molecular flexibility index (Phi) is 7.09. The van der Waals surface area contributed by atoms with Crippen molar-refractivity contribution in [2.75, 3.05) is 43.6 Å². The predicted molar refractivity (Wildman–Crippen MR) is 119 cm³/mol. The van der Waals surface area contributed by atoms with E-state index in [0.29, 0.717) is 36.9 Å². The fraction of sp³-hybridized carbons (Fsp3) is 0.478. The largest absolute Gasteiger partial charge is 0.493 e. The summed E-state index contributed by atoms with van der Waals surface area (Å²) in [7, 11) is 1.62. The van der Waals surface area contributed by atoms with E-state index in [-0.39, 0.29) is 12.1 Å². The number of hydrogen-bond acceptors (Lipinski definition) is 6. The monoisotopic (exact) mass is 426 g/mol. The van der Waals surface area contributed by atoms with Crippen LogP contribution < -0.4 is 25.0 Å². The van der Waals surface area contributed by atoms with Crippen LogP contribution in [0, 0.1) is 0 Å². The van der Waals surface area contributed by atoms with Crippen LogP contribution in [0.15, 0.2) is 36.5 Å². The van der Waals surface area contributed by atoms with Crippen LogP contribution in [0.5, 0.6) is 11.5 Å². The molecule has 2 aliphatic rings. The van der Waals surface area contributed by atoms with Gasteiger partial charge in [0.15, 0.2) is 11.5 Å². The van der Waals surface area contributed by atoms with Gasteiger partial charge < -0.3 is 29.7 Å². The van der Waals surface area contributed by atoms with Crippen molar-refractivity contribution in [3.8, 4) is 11.5 Å². The van der Waals surface area contributed by atoms with E-state index < -0.39 is 0 Å². The summed E-state index contributed by atoms with van der Waals surface area (Å²) in [4.78, 5) is 19.2. The Labute approximate surface area is 182 Å². The Morgan fingerprint density at radius 3 is 2.77 bits per heavy atom. The summed E-state index contributed by atoms with van der Waals surface area (Å²) in [6, 6.07) is 9.03. The minimum atomic E-state index is -0.284. The maximum Gasteiger partial charge on any atom is 0.319 e. The standard InChI is InChI=1S/C23H30N4O4/c1-29-20-9-8-18(15-21(20)31-19-6-2-3-7-19)26-23(28)25-16-17-5-4-10-24-22(17)27-11-13-30-14-12-27/h4-5,8-10,15,19H,2-3,6-7,11-14,16H2,1H3,(H2,25,26,28). The van der Waals surface area contributed by atoms with E-state index in [1.165, 1.54) is 12.8 Å². The highest BCUT2D eigenvalue weighted by atomic mass is 16.5. The Bertz CT molecular complexity index is 880. The molecule has 31 heavy (non-hydrogen) atoms. The summed E-state index contributed by atoms with van der Waals surface area (Å²) in [5.41, 5.74) is 1.63. The van der Waals surface area contributed by atoms with Crippen molar-refractivity contribution in [1.82, 2.24) is 10.3 Å². The molecular weight excluding hydrogens is 396 g/mol.